The minimum Gasteiger partial charge on any atom is -0.496 e. The molecule has 2 nitrogen and oxygen atoms in total. The second-order valence-electron chi connectivity index (χ2n) is 2.96. The van der Waals surface area contributed by atoms with Gasteiger partial charge < -0.3 is 4.74 Å². The van der Waals surface area contributed by atoms with Crippen LogP contribution in [0.15, 0.2) is 12.1 Å². The van der Waals surface area contributed by atoms with Crippen LogP contribution in [0.1, 0.15) is 16.7 Å². The van der Waals surface area contributed by atoms with Crippen molar-refractivity contribution >= 4 is 11.6 Å². The van der Waals surface area contributed by atoms with Gasteiger partial charge in [0.1, 0.15) is 11.3 Å². The summed E-state index contributed by atoms with van der Waals surface area (Å²) in [6, 6.07) is 3.78. The number of nitrogens with zero attached hydrogens (tertiary/aromatic N) is 1. The number of hydrogen-bond acceptors (Lipinski definition) is 2. The first kappa shape index (κ1) is 12.7. The summed E-state index contributed by atoms with van der Waals surface area (Å²) in [4.78, 5) is 0. The molecular weight excluding hydrogens is 243 g/mol. The van der Waals surface area contributed by atoms with Crippen LogP contribution in [0.5, 0.6) is 5.75 Å². The highest BCUT2D eigenvalue weighted by atomic mass is 35.5. The first-order valence-electron chi connectivity index (χ1n) is 4.18. The third-order valence-corrected chi connectivity index (χ3v) is 2.25. The summed E-state index contributed by atoms with van der Waals surface area (Å²) in [6.45, 7) is 0. The van der Waals surface area contributed by atoms with Crippen molar-refractivity contribution in [1.29, 1.82) is 5.26 Å². The Balaban J connectivity index is 3.52. The van der Waals surface area contributed by atoms with Gasteiger partial charge in [-0.2, -0.15) is 18.4 Å². The first-order chi connectivity index (χ1) is 7.43. The van der Waals surface area contributed by atoms with Crippen molar-refractivity contribution in [2.24, 2.45) is 0 Å². The monoisotopic (exact) mass is 249 g/mol. The molecule has 0 fully saturated rings. The Morgan fingerprint density at radius 1 is 1.44 bits per heavy atom. The lowest BCUT2D eigenvalue weighted by Gasteiger charge is -2.14. The standard InChI is InChI=1S/C10H7ClF3NO/c1-16-8-3-6(4-11)2-7(5-15)9(8)10(12,13)14/h2-3H,4H2,1H3. The number of alkyl halides is 4. The third kappa shape index (κ3) is 2.39. The summed E-state index contributed by atoms with van der Waals surface area (Å²) in [5, 5.41) is 8.67. The van der Waals surface area contributed by atoms with E-state index in [-0.39, 0.29) is 11.6 Å². The number of rotatable bonds is 2. The Morgan fingerprint density at radius 3 is 2.44 bits per heavy atom. The highest BCUT2D eigenvalue weighted by Gasteiger charge is 2.37. The first-order valence-corrected chi connectivity index (χ1v) is 4.71. The van der Waals surface area contributed by atoms with E-state index in [1.807, 2.05) is 0 Å². The van der Waals surface area contributed by atoms with Crippen LogP contribution < -0.4 is 4.74 Å². The molecule has 0 N–H and O–H groups in total. The van der Waals surface area contributed by atoms with Crippen LogP contribution in [0.3, 0.4) is 0 Å². The maximum absolute atomic E-state index is 12.7. The molecule has 0 saturated carbocycles. The van der Waals surface area contributed by atoms with Gasteiger partial charge in [0.15, 0.2) is 0 Å². The van der Waals surface area contributed by atoms with Crippen LogP contribution in [0.2, 0.25) is 0 Å². The van der Waals surface area contributed by atoms with E-state index in [0.717, 1.165) is 13.2 Å². The predicted molar refractivity (Wildman–Crippen MR) is 52.3 cm³/mol. The fourth-order valence-electron chi connectivity index (χ4n) is 1.29. The molecule has 1 aromatic rings. The van der Waals surface area contributed by atoms with E-state index in [4.69, 9.17) is 16.9 Å². The van der Waals surface area contributed by atoms with E-state index in [0.29, 0.717) is 5.56 Å². The van der Waals surface area contributed by atoms with Gasteiger partial charge in [0, 0.05) is 5.88 Å². The lowest BCUT2D eigenvalue weighted by atomic mass is 10.0. The molecule has 1 rings (SSSR count). The average Bonchev–Trinajstić information content (AvgIpc) is 2.25. The Labute approximate surface area is 95.2 Å². The maximum Gasteiger partial charge on any atom is 0.421 e. The fourth-order valence-corrected chi connectivity index (χ4v) is 1.45. The van der Waals surface area contributed by atoms with E-state index in [1.165, 1.54) is 12.1 Å². The van der Waals surface area contributed by atoms with E-state index in [9.17, 15) is 13.2 Å². The molecule has 0 aromatic heterocycles. The number of methoxy groups -OCH3 is 1. The van der Waals surface area contributed by atoms with Gasteiger partial charge in [0.05, 0.1) is 18.7 Å². The van der Waals surface area contributed by atoms with Crippen molar-refractivity contribution < 1.29 is 17.9 Å². The predicted octanol–water partition coefficient (Wildman–Crippen LogP) is 3.32. The van der Waals surface area contributed by atoms with Gasteiger partial charge in [-0.05, 0) is 17.7 Å². The van der Waals surface area contributed by atoms with Gasteiger partial charge in [-0.25, -0.2) is 0 Å². The van der Waals surface area contributed by atoms with Gasteiger partial charge >= 0.3 is 6.18 Å². The largest absolute Gasteiger partial charge is 0.496 e. The summed E-state index contributed by atoms with van der Waals surface area (Å²) in [7, 11) is 1.11. The van der Waals surface area contributed by atoms with Gasteiger partial charge in [0.2, 0.25) is 0 Å². The van der Waals surface area contributed by atoms with Crippen LogP contribution in [-0.4, -0.2) is 7.11 Å². The lowest BCUT2D eigenvalue weighted by molar-refractivity contribution is -0.138. The Morgan fingerprint density at radius 2 is 2.06 bits per heavy atom. The normalized spacial score (nSPS) is 11.0. The minimum absolute atomic E-state index is 0.0170. The summed E-state index contributed by atoms with van der Waals surface area (Å²) < 4.78 is 42.6. The third-order valence-electron chi connectivity index (χ3n) is 1.94. The van der Waals surface area contributed by atoms with Crippen molar-refractivity contribution in [2.75, 3.05) is 7.11 Å². The second-order valence-corrected chi connectivity index (χ2v) is 3.23. The van der Waals surface area contributed by atoms with Crippen molar-refractivity contribution in [3.63, 3.8) is 0 Å². The van der Waals surface area contributed by atoms with Crippen LogP contribution in [-0.2, 0) is 12.1 Å². The number of halogens is 4. The summed E-state index contributed by atoms with van der Waals surface area (Å²) in [5.74, 6) is -0.370. The fraction of sp³-hybridized carbons (Fsp3) is 0.300. The summed E-state index contributed by atoms with van der Waals surface area (Å²) in [6.07, 6.45) is -4.62. The van der Waals surface area contributed by atoms with E-state index in [1.54, 1.807) is 0 Å². The van der Waals surface area contributed by atoms with Crippen LogP contribution >= 0.6 is 11.6 Å². The van der Waals surface area contributed by atoms with E-state index in [2.05, 4.69) is 4.74 Å². The van der Waals surface area contributed by atoms with Crippen molar-refractivity contribution in [1.82, 2.24) is 0 Å². The molecule has 0 aliphatic rings. The molecule has 6 heteroatoms. The van der Waals surface area contributed by atoms with Crippen molar-refractivity contribution in [3.05, 3.63) is 28.8 Å². The number of nitriles is 1. The van der Waals surface area contributed by atoms with E-state index >= 15 is 0 Å². The Bertz CT molecular complexity index is 437. The lowest BCUT2D eigenvalue weighted by Crippen LogP contribution is -2.10. The molecule has 16 heavy (non-hydrogen) atoms. The quantitative estimate of drug-likeness (QED) is 0.753. The molecular formula is C10H7ClF3NO. The number of benzene rings is 1. The molecule has 1 aromatic carbocycles. The van der Waals surface area contributed by atoms with E-state index < -0.39 is 17.3 Å². The topological polar surface area (TPSA) is 33.0 Å². The molecule has 0 aliphatic carbocycles. The SMILES string of the molecule is COc1cc(CCl)cc(C#N)c1C(F)(F)F. The summed E-state index contributed by atoms with van der Waals surface area (Å²) in [5.41, 5.74) is -1.14. The zero-order valence-electron chi connectivity index (χ0n) is 8.23. The molecule has 0 bridgehead atoms. The Kier molecular flexibility index (Phi) is 3.66. The summed E-state index contributed by atoms with van der Waals surface area (Å²) >= 11 is 5.51. The smallest absolute Gasteiger partial charge is 0.421 e. The zero-order chi connectivity index (χ0) is 12.3. The zero-order valence-corrected chi connectivity index (χ0v) is 8.99. The highest BCUT2D eigenvalue weighted by molar-refractivity contribution is 6.17. The maximum atomic E-state index is 12.7. The molecule has 0 heterocycles. The van der Waals surface area contributed by atoms with Crippen molar-refractivity contribution in [2.45, 2.75) is 12.1 Å². The minimum atomic E-state index is -4.62. The molecule has 86 valence electrons. The number of ether oxygens (including phenoxy) is 1. The molecule has 0 saturated heterocycles. The average molecular weight is 250 g/mol. The van der Waals surface area contributed by atoms with Crippen LogP contribution in [0.4, 0.5) is 13.2 Å². The van der Waals surface area contributed by atoms with Crippen molar-refractivity contribution in [3.8, 4) is 11.8 Å². The van der Waals surface area contributed by atoms with Crippen LogP contribution in [0, 0.1) is 11.3 Å². The van der Waals surface area contributed by atoms with Gasteiger partial charge in [-0.1, -0.05) is 0 Å². The van der Waals surface area contributed by atoms with Gasteiger partial charge in [-0.15, -0.1) is 11.6 Å². The number of hydrogen-bond donors (Lipinski definition) is 0. The highest BCUT2D eigenvalue weighted by Crippen LogP contribution is 2.39. The molecule has 0 spiro atoms. The van der Waals surface area contributed by atoms with Gasteiger partial charge in [-0.3, -0.25) is 0 Å². The Hall–Kier alpha value is -1.41. The second kappa shape index (κ2) is 4.62. The molecule has 0 unspecified atom stereocenters. The van der Waals surface area contributed by atoms with Gasteiger partial charge in [0.25, 0.3) is 0 Å². The molecule has 0 atom stereocenters. The molecule has 0 amide bonds. The van der Waals surface area contributed by atoms with Crippen LogP contribution in [0.25, 0.3) is 0 Å². The molecule has 0 aliphatic heterocycles. The molecule has 0 radical (unpaired) electrons.